The number of terminal acetylenes is 1. The van der Waals surface area contributed by atoms with Crippen LogP contribution in [0.25, 0.3) is 0 Å². The molecule has 0 aliphatic rings. The van der Waals surface area contributed by atoms with Crippen LogP contribution in [0.1, 0.15) is 11.1 Å². The van der Waals surface area contributed by atoms with Crippen LogP contribution in [-0.2, 0) is 6.42 Å². The molecule has 0 bridgehead atoms. The topological polar surface area (TPSA) is 29.3 Å². The Morgan fingerprint density at radius 2 is 2.00 bits per heavy atom. The van der Waals surface area contributed by atoms with E-state index in [1.807, 2.05) is 7.05 Å². The Morgan fingerprint density at radius 1 is 1.38 bits per heavy atom. The average molecular weight is 216 g/mol. The molecule has 2 N–H and O–H groups in total. The summed E-state index contributed by atoms with van der Waals surface area (Å²) in [5, 5.41) is 0. The van der Waals surface area contributed by atoms with Crippen LogP contribution in [0.4, 0.5) is 0 Å². The fourth-order valence-corrected chi connectivity index (χ4v) is 1.69. The Hall–Kier alpha value is -1.30. The van der Waals surface area contributed by atoms with Crippen LogP contribution < -0.4 is 5.73 Å². The predicted molar refractivity (Wildman–Crippen MR) is 69.2 cm³/mol. The van der Waals surface area contributed by atoms with Crippen LogP contribution >= 0.6 is 0 Å². The van der Waals surface area contributed by atoms with E-state index in [1.54, 1.807) is 0 Å². The molecule has 86 valence electrons. The SMILES string of the molecule is C#CCN(C)C(CN)Cc1ccc(C)cc1. The molecule has 0 aliphatic heterocycles. The molecule has 0 spiro atoms. The molecular weight excluding hydrogens is 196 g/mol. The molecule has 0 heterocycles. The summed E-state index contributed by atoms with van der Waals surface area (Å²) in [5.41, 5.74) is 8.36. The molecule has 0 amide bonds. The van der Waals surface area contributed by atoms with E-state index in [0.29, 0.717) is 19.1 Å². The van der Waals surface area contributed by atoms with E-state index in [9.17, 15) is 0 Å². The highest BCUT2D eigenvalue weighted by Gasteiger charge is 2.12. The molecule has 16 heavy (non-hydrogen) atoms. The lowest BCUT2D eigenvalue weighted by Gasteiger charge is -2.25. The van der Waals surface area contributed by atoms with Crippen molar-refractivity contribution >= 4 is 0 Å². The maximum Gasteiger partial charge on any atom is 0.0599 e. The number of nitrogens with two attached hydrogens (primary N) is 1. The number of nitrogens with zero attached hydrogens (tertiary/aromatic N) is 1. The Labute approximate surface area is 98.4 Å². The molecule has 0 aromatic heterocycles. The Balaban J connectivity index is 2.63. The van der Waals surface area contributed by atoms with Crippen molar-refractivity contribution in [1.82, 2.24) is 4.90 Å². The first-order valence-electron chi connectivity index (χ1n) is 5.56. The number of benzene rings is 1. The van der Waals surface area contributed by atoms with Gasteiger partial charge in [-0.05, 0) is 26.0 Å². The molecule has 0 radical (unpaired) electrons. The summed E-state index contributed by atoms with van der Waals surface area (Å²) in [6.45, 7) is 3.37. The van der Waals surface area contributed by atoms with Gasteiger partial charge in [0.1, 0.15) is 0 Å². The van der Waals surface area contributed by atoms with Crippen LogP contribution in [0.5, 0.6) is 0 Å². The maximum absolute atomic E-state index is 5.77. The van der Waals surface area contributed by atoms with Gasteiger partial charge in [0, 0.05) is 12.6 Å². The summed E-state index contributed by atoms with van der Waals surface area (Å²) in [7, 11) is 2.02. The molecule has 0 saturated carbocycles. The van der Waals surface area contributed by atoms with Crippen molar-refractivity contribution < 1.29 is 0 Å². The van der Waals surface area contributed by atoms with Crippen molar-refractivity contribution in [3.8, 4) is 12.3 Å². The van der Waals surface area contributed by atoms with Gasteiger partial charge in [0.15, 0.2) is 0 Å². The third-order valence-electron chi connectivity index (χ3n) is 2.83. The second-order valence-corrected chi connectivity index (χ2v) is 4.20. The smallest absolute Gasteiger partial charge is 0.0599 e. The van der Waals surface area contributed by atoms with Gasteiger partial charge in [0.25, 0.3) is 0 Å². The van der Waals surface area contributed by atoms with Crippen molar-refractivity contribution in [3.63, 3.8) is 0 Å². The number of hydrogen-bond acceptors (Lipinski definition) is 2. The highest BCUT2D eigenvalue weighted by Crippen LogP contribution is 2.08. The van der Waals surface area contributed by atoms with Gasteiger partial charge >= 0.3 is 0 Å². The Kier molecular flexibility index (Phi) is 5.04. The number of hydrogen-bond donors (Lipinski definition) is 1. The van der Waals surface area contributed by atoms with Crippen molar-refractivity contribution in [1.29, 1.82) is 0 Å². The highest BCUT2D eigenvalue weighted by atomic mass is 15.1. The summed E-state index contributed by atoms with van der Waals surface area (Å²) >= 11 is 0. The van der Waals surface area contributed by atoms with Gasteiger partial charge in [-0.25, -0.2) is 0 Å². The van der Waals surface area contributed by atoms with Gasteiger partial charge in [-0.2, -0.15) is 0 Å². The minimum atomic E-state index is 0.318. The third kappa shape index (κ3) is 3.69. The van der Waals surface area contributed by atoms with E-state index in [1.165, 1.54) is 11.1 Å². The normalized spacial score (nSPS) is 12.4. The Morgan fingerprint density at radius 3 is 2.50 bits per heavy atom. The van der Waals surface area contributed by atoms with Gasteiger partial charge in [0.2, 0.25) is 0 Å². The molecule has 0 saturated heterocycles. The standard InChI is InChI=1S/C14H20N2/c1-4-9-16(3)14(11-15)10-13-7-5-12(2)6-8-13/h1,5-8,14H,9-11,15H2,2-3H3. The molecule has 1 atom stereocenters. The van der Waals surface area contributed by atoms with Gasteiger partial charge < -0.3 is 5.73 Å². The molecule has 0 aliphatic carbocycles. The zero-order valence-electron chi connectivity index (χ0n) is 10.1. The first-order chi connectivity index (χ1) is 7.67. The quantitative estimate of drug-likeness (QED) is 0.754. The molecule has 1 rings (SSSR count). The van der Waals surface area contributed by atoms with Crippen LogP contribution in [0.3, 0.4) is 0 Å². The molecule has 2 heteroatoms. The van der Waals surface area contributed by atoms with Gasteiger partial charge in [-0.1, -0.05) is 35.7 Å². The summed E-state index contributed by atoms with van der Waals surface area (Å²) < 4.78 is 0. The zero-order chi connectivity index (χ0) is 12.0. The first-order valence-corrected chi connectivity index (χ1v) is 5.56. The third-order valence-corrected chi connectivity index (χ3v) is 2.83. The molecule has 1 unspecified atom stereocenters. The molecule has 1 aromatic rings. The Bertz CT molecular complexity index is 348. The monoisotopic (exact) mass is 216 g/mol. The van der Waals surface area contributed by atoms with Crippen molar-refractivity contribution in [3.05, 3.63) is 35.4 Å². The fraction of sp³-hybridized carbons (Fsp3) is 0.429. The zero-order valence-corrected chi connectivity index (χ0v) is 10.1. The first kappa shape index (κ1) is 12.8. The predicted octanol–water partition coefficient (Wildman–Crippen LogP) is 1.43. The van der Waals surface area contributed by atoms with Crippen molar-refractivity contribution in [2.75, 3.05) is 20.1 Å². The molecule has 1 aromatic carbocycles. The average Bonchev–Trinajstić information content (AvgIpc) is 2.28. The lowest BCUT2D eigenvalue weighted by atomic mass is 10.0. The van der Waals surface area contributed by atoms with Gasteiger partial charge in [-0.15, -0.1) is 6.42 Å². The van der Waals surface area contributed by atoms with Crippen LogP contribution in [0.15, 0.2) is 24.3 Å². The van der Waals surface area contributed by atoms with Gasteiger partial charge in [-0.3, -0.25) is 4.90 Å². The molecular formula is C14H20N2. The summed E-state index contributed by atoms with van der Waals surface area (Å²) in [5.74, 6) is 2.65. The minimum absolute atomic E-state index is 0.318. The summed E-state index contributed by atoms with van der Waals surface area (Å²) in [6.07, 6.45) is 6.26. The second kappa shape index (κ2) is 6.32. The summed E-state index contributed by atoms with van der Waals surface area (Å²) in [4.78, 5) is 2.12. The lowest BCUT2D eigenvalue weighted by molar-refractivity contribution is 0.274. The van der Waals surface area contributed by atoms with E-state index in [0.717, 1.165) is 6.42 Å². The number of rotatable bonds is 5. The second-order valence-electron chi connectivity index (χ2n) is 4.20. The minimum Gasteiger partial charge on any atom is -0.329 e. The van der Waals surface area contributed by atoms with E-state index >= 15 is 0 Å². The van der Waals surface area contributed by atoms with Crippen molar-refractivity contribution in [2.45, 2.75) is 19.4 Å². The number of aryl methyl sites for hydroxylation is 1. The highest BCUT2D eigenvalue weighted by molar-refractivity contribution is 5.22. The van der Waals surface area contributed by atoms with Crippen LogP contribution in [0, 0.1) is 19.3 Å². The molecule has 0 fully saturated rings. The maximum atomic E-state index is 5.77. The summed E-state index contributed by atoms with van der Waals surface area (Å²) in [6, 6.07) is 8.89. The van der Waals surface area contributed by atoms with E-state index in [4.69, 9.17) is 12.2 Å². The van der Waals surface area contributed by atoms with Gasteiger partial charge in [0.05, 0.1) is 6.54 Å². The lowest BCUT2D eigenvalue weighted by Crippen LogP contribution is -2.39. The van der Waals surface area contributed by atoms with Crippen LogP contribution in [-0.4, -0.2) is 31.1 Å². The molecule has 2 nitrogen and oxygen atoms in total. The van der Waals surface area contributed by atoms with E-state index in [2.05, 4.69) is 42.0 Å². The largest absolute Gasteiger partial charge is 0.329 e. The number of likely N-dealkylation sites (N-methyl/N-ethyl adjacent to an activating group) is 1. The fourth-order valence-electron chi connectivity index (χ4n) is 1.69. The van der Waals surface area contributed by atoms with E-state index < -0.39 is 0 Å². The van der Waals surface area contributed by atoms with Crippen LogP contribution in [0.2, 0.25) is 0 Å². The van der Waals surface area contributed by atoms with E-state index in [-0.39, 0.29) is 0 Å². The van der Waals surface area contributed by atoms with Crippen molar-refractivity contribution in [2.24, 2.45) is 5.73 Å².